The molecule has 0 fully saturated rings. The average Bonchev–Trinajstić information content (AvgIpc) is 2.80. The van der Waals surface area contributed by atoms with Gasteiger partial charge in [-0.05, 0) is 30.7 Å². The van der Waals surface area contributed by atoms with Crippen molar-refractivity contribution < 1.29 is 4.39 Å². The lowest BCUT2D eigenvalue weighted by Gasteiger charge is -1.99. The molecule has 0 saturated carbocycles. The van der Waals surface area contributed by atoms with E-state index in [1.165, 1.54) is 17.7 Å². The monoisotopic (exact) mass is 203 g/mol. The number of rotatable bonds is 1. The van der Waals surface area contributed by atoms with Gasteiger partial charge in [-0.1, -0.05) is 0 Å². The molecule has 15 heavy (non-hydrogen) atoms. The standard InChI is InChI=1S/C11H10FN3/c12-8-3-1-7(2-4-8)10-9-5-6-13-11(9)15-14-10/h1-4H,5-6H2,(H2,13,14,15). The predicted molar refractivity (Wildman–Crippen MR) is 56.2 cm³/mol. The van der Waals surface area contributed by atoms with Crippen LogP contribution < -0.4 is 5.32 Å². The molecule has 1 aromatic carbocycles. The Bertz CT molecular complexity index is 487. The van der Waals surface area contributed by atoms with Crippen molar-refractivity contribution in [2.75, 3.05) is 11.9 Å². The quantitative estimate of drug-likeness (QED) is 0.745. The lowest BCUT2D eigenvalue weighted by Crippen LogP contribution is -1.94. The highest BCUT2D eigenvalue weighted by Gasteiger charge is 2.18. The fourth-order valence-electron chi connectivity index (χ4n) is 1.92. The Morgan fingerprint density at radius 2 is 2.00 bits per heavy atom. The van der Waals surface area contributed by atoms with E-state index in [9.17, 15) is 4.39 Å². The smallest absolute Gasteiger partial charge is 0.151 e. The molecule has 3 rings (SSSR count). The second-order valence-corrected chi connectivity index (χ2v) is 3.61. The summed E-state index contributed by atoms with van der Waals surface area (Å²) in [7, 11) is 0. The summed E-state index contributed by atoms with van der Waals surface area (Å²) in [5.74, 6) is 0.711. The van der Waals surface area contributed by atoms with Crippen molar-refractivity contribution in [2.45, 2.75) is 6.42 Å². The summed E-state index contributed by atoms with van der Waals surface area (Å²) in [6.45, 7) is 0.931. The van der Waals surface area contributed by atoms with Crippen molar-refractivity contribution in [2.24, 2.45) is 0 Å². The first-order chi connectivity index (χ1) is 7.34. The second kappa shape index (κ2) is 3.08. The Labute approximate surface area is 86.3 Å². The number of hydrogen-bond donors (Lipinski definition) is 2. The van der Waals surface area contributed by atoms with Gasteiger partial charge in [0.05, 0.1) is 5.69 Å². The van der Waals surface area contributed by atoms with E-state index in [-0.39, 0.29) is 5.82 Å². The summed E-state index contributed by atoms with van der Waals surface area (Å²) >= 11 is 0. The maximum Gasteiger partial charge on any atom is 0.151 e. The molecule has 0 aliphatic carbocycles. The zero-order valence-corrected chi connectivity index (χ0v) is 8.05. The SMILES string of the molecule is Fc1ccc(-c2[nH]nc3c2CCN3)cc1. The fourth-order valence-corrected chi connectivity index (χ4v) is 1.92. The molecule has 0 unspecified atom stereocenters. The molecule has 0 saturated heterocycles. The Morgan fingerprint density at radius 1 is 1.20 bits per heavy atom. The lowest BCUT2D eigenvalue weighted by molar-refractivity contribution is 0.628. The van der Waals surface area contributed by atoms with Crippen molar-refractivity contribution in [3.63, 3.8) is 0 Å². The number of aromatic nitrogens is 2. The summed E-state index contributed by atoms with van der Waals surface area (Å²) in [5, 5.41) is 10.3. The van der Waals surface area contributed by atoms with Crippen molar-refractivity contribution >= 4 is 5.82 Å². The van der Waals surface area contributed by atoms with Crippen LogP contribution in [0.5, 0.6) is 0 Å². The molecule has 2 heterocycles. The van der Waals surface area contributed by atoms with E-state index in [1.54, 1.807) is 12.1 Å². The van der Waals surface area contributed by atoms with Gasteiger partial charge in [-0.15, -0.1) is 0 Å². The number of hydrogen-bond acceptors (Lipinski definition) is 2. The van der Waals surface area contributed by atoms with Crippen LogP contribution in [0.25, 0.3) is 11.3 Å². The van der Waals surface area contributed by atoms with Gasteiger partial charge in [0.1, 0.15) is 5.82 Å². The topological polar surface area (TPSA) is 40.7 Å². The largest absolute Gasteiger partial charge is 0.368 e. The fraction of sp³-hybridized carbons (Fsp3) is 0.182. The normalized spacial score (nSPS) is 13.7. The second-order valence-electron chi connectivity index (χ2n) is 3.61. The van der Waals surface area contributed by atoms with Gasteiger partial charge in [0.15, 0.2) is 5.82 Å². The molecule has 4 heteroatoms. The molecule has 0 spiro atoms. The van der Waals surface area contributed by atoms with Crippen LogP contribution in [-0.4, -0.2) is 16.7 Å². The number of H-pyrrole nitrogens is 1. The molecular formula is C11H10FN3. The summed E-state index contributed by atoms with van der Waals surface area (Å²) in [5.41, 5.74) is 3.17. The van der Waals surface area contributed by atoms with Gasteiger partial charge in [-0.2, -0.15) is 5.10 Å². The molecule has 1 aliphatic rings. The first-order valence-electron chi connectivity index (χ1n) is 4.91. The van der Waals surface area contributed by atoms with E-state index in [0.29, 0.717) is 0 Å². The van der Waals surface area contributed by atoms with Gasteiger partial charge in [0.25, 0.3) is 0 Å². The highest BCUT2D eigenvalue weighted by molar-refractivity contribution is 5.70. The number of benzene rings is 1. The van der Waals surface area contributed by atoms with E-state index in [2.05, 4.69) is 15.5 Å². The molecule has 0 amide bonds. The maximum atomic E-state index is 12.8. The molecule has 2 N–H and O–H groups in total. The third kappa shape index (κ3) is 1.29. The first-order valence-corrected chi connectivity index (χ1v) is 4.91. The Kier molecular flexibility index (Phi) is 1.74. The maximum absolute atomic E-state index is 12.8. The number of nitrogens with one attached hydrogen (secondary N) is 2. The van der Waals surface area contributed by atoms with E-state index < -0.39 is 0 Å². The Hall–Kier alpha value is -1.84. The van der Waals surface area contributed by atoms with Crippen molar-refractivity contribution in [1.82, 2.24) is 10.2 Å². The predicted octanol–water partition coefficient (Wildman–Crippen LogP) is 2.18. The molecule has 1 aliphatic heterocycles. The Balaban J connectivity index is 2.09. The van der Waals surface area contributed by atoms with Crippen LogP contribution in [0.4, 0.5) is 10.2 Å². The van der Waals surface area contributed by atoms with Crippen LogP contribution in [0.3, 0.4) is 0 Å². The number of anilines is 1. The molecular weight excluding hydrogens is 193 g/mol. The molecule has 0 atom stereocenters. The van der Waals surface area contributed by atoms with Crippen LogP contribution in [0.15, 0.2) is 24.3 Å². The summed E-state index contributed by atoms with van der Waals surface area (Å²) < 4.78 is 12.8. The van der Waals surface area contributed by atoms with Crippen LogP contribution >= 0.6 is 0 Å². The van der Waals surface area contributed by atoms with Crippen LogP contribution in [0.2, 0.25) is 0 Å². The number of halogens is 1. The average molecular weight is 203 g/mol. The molecule has 0 bridgehead atoms. The summed E-state index contributed by atoms with van der Waals surface area (Å²) in [4.78, 5) is 0. The molecule has 76 valence electrons. The van der Waals surface area contributed by atoms with Crippen molar-refractivity contribution in [3.05, 3.63) is 35.6 Å². The van der Waals surface area contributed by atoms with Crippen LogP contribution in [-0.2, 0) is 6.42 Å². The zero-order chi connectivity index (χ0) is 10.3. The molecule has 3 nitrogen and oxygen atoms in total. The van der Waals surface area contributed by atoms with Crippen molar-refractivity contribution in [1.29, 1.82) is 0 Å². The Morgan fingerprint density at radius 3 is 2.80 bits per heavy atom. The van der Waals surface area contributed by atoms with E-state index in [0.717, 1.165) is 30.0 Å². The summed E-state index contributed by atoms with van der Waals surface area (Å²) in [6, 6.07) is 6.46. The highest BCUT2D eigenvalue weighted by Crippen LogP contribution is 2.30. The third-order valence-corrected chi connectivity index (χ3v) is 2.67. The van der Waals surface area contributed by atoms with Gasteiger partial charge in [0.2, 0.25) is 0 Å². The van der Waals surface area contributed by atoms with E-state index >= 15 is 0 Å². The molecule has 2 aromatic rings. The van der Waals surface area contributed by atoms with Gasteiger partial charge in [0, 0.05) is 17.7 Å². The number of fused-ring (bicyclic) bond motifs is 1. The van der Waals surface area contributed by atoms with Gasteiger partial charge in [-0.25, -0.2) is 4.39 Å². The lowest BCUT2D eigenvalue weighted by atomic mass is 10.1. The number of aromatic amines is 1. The van der Waals surface area contributed by atoms with Crippen LogP contribution in [0, 0.1) is 5.82 Å². The van der Waals surface area contributed by atoms with E-state index in [4.69, 9.17) is 0 Å². The minimum Gasteiger partial charge on any atom is -0.368 e. The zero-order valence-electron chi connectivity index (χ0n) is 8.05. The van der Waals surface area contributed by atoms with Gasteiger partial charge >= 0.3 is 0 Å². The van der Waals surface area contributed by atoms with Crippen molar-refractivity contribution in [3.8, 4) is 11.3 Å². The first kappa shape index (κ1) is 8.47. The number of nitrogens with zero attached hydrogens (tertiary/aromatic N) is 1. The minimum atomic E-state index is -0.215. The van der Waals surface area contributed by atoms with Gasteiger partial charge < -0.3 is 5.32 Å². The highest BCUT2D eigenvalue weighted by atomic mass is 19.1. The summed E-state index contributed by atoms with van der Waals surface area (Å²) in [6.07, 6.45) is 0.971. The molecule has 0 radical (unpaired) electrons. The van der Waals surface area contributed by atoms with Crippen LogP contribution in [0.1, 0.15) is 5.56 Å². The van der Waals surface area contributed by atoms with E-state index in [1.807, 2.05) is 0 Å². The minimum absolute atomic E-state index is 0.215. The third-order valence-electron chi connectivity index (χ3n) is 2.67. The van der Waals surface area contributed by atoms with Gasteiger partial charge in [-0.3, -0.25) is 5.10 Å². The molecule has 1 aromatic heterocycles.